The SMILES string of the molecule is Cc1cc(C)c(C)c(C(C)CCCCN)c1C. The zero-order valence-electron chi connectivity index (χ0n) is 12.1. The number of hydrogen-bond donors (Lipinski definition) is 1. The van der Waals surface area contributed by atoms with Crippen molar-refractivity contribution in [3.63, 3.8) is 0 Å². The van der Waals surface area contributed by atoms with Gasteiger partial charge in [0, 0.05) is 0 Å². The minimum Gasteiger partial charge on any atom is -0.330 e. The third kappa shape index (κ3) is 3.32. The standard InChI is InChI=1S/C16H27N/c1-11(8-6-7-9-17)16-14(4)12(2)10-13(3)15(16)5/h10-11H,6-9,17H2,1-5H3. The summed E-state index contributed by atoms with van der Waals surface area (Å²) in [7, 11) is 0. The molecule has 0 bridgehead atoms. The van der Waals surface area contributed by atoms with Gasteiger partial charge < -0.3 is 5.73 Å². The molecule has 0 fully saturated rings. The predicted molar refractivity (Wildman–Crippen MR) is 76.7 cm³/mol. The molecule has 1 nitrogen and oxygen atoms in total. The van der Waals surface area contributed by atoms with Crippen molar-refractivity contribution in [1.82, 2.24) is 0 Å². The van der Waals surface area contributed by atoms with Crippen molar-refractivity contribution < 1.29 is 0 Å². The van der Waals surface area contributed by atoms with E-state index in [1.165, 1.54) is 35.1 Å². The van der Waals surface area contributed by atoms with Gasteiger partial charge in [0.25, 0.3) is 0 Å². The lowest BCUT2D eigenvalue weighted by molar-refractivity contribution is 0.604. The highest BCUT2D eigenvalue weighted by atomic mass is 14.5. The van der Waals surface area contributed by atoms with Crippen molar-refractivity contribution in [3.05, 3.63) is 33.9 Å². The second kappa shape index (κ2) is 6.20. The van der Waals surface area contributed by atoms with Crippen LogP contribution in [0.4, 0.5) is 0 Å². The molecular weight excluding hydrogens is 206 g/mol. The zero-order valence-corrected chi connectivity index (χ0v) is 12.1. The summed E-state index contributed by atoms with van der Waals surface area (Å²) < 4.78 is 0. The van der Waals surface area contributed by atoms with Crippen LogP contribution in [-0.2, 0) is 0 Å². The average molecular weight is 233 g/mol. The van der Waals surface area contributed by atoms with E-state index in [9.17, 15) is 0 Å². The molecular formula is C16H27N. The summed E-state index contributed by atoms with van der Waals surface area (Å²) in [5.41, 5.74) is 12.9. The molecule has 2 N–H and O–H groups in total. The molecule has 0 radical (unpaired) electrons. The molecule has 0 saturated carbocycles. The smallest absolute Gasteiger partial charge is 0.00773 e. The molecule has 1 unspecified atom stereocenters. The van der Waals surface area contributed by atoms with Gasteiger partial charge in [0.2, 0.25) is 0 Å². The number of benzene rings is 1. The molecule has 1 rings (SSSR count). The fourth-order valence-corrected chi connectivity index (χ4v) is 2.73. The van der Waals surface area contributed by atoms with Crippen LogP contribution >= 0.6 is 0 Å². The molecule has 1 heteroatoms. The Bertz CT molecular complexity index is 353. The highest BCUT2D eigenvalue weighted by Gasteiger charge is 2.14. The van der Waals surface area contributed by atoms with Gasteiger partial charge in [0.1, 0.15) is 0 Å². The maximum absolute atomic E-state index is 5.56. The molecule has 1 aromatic rings. The molecule has 0 heterocycles. The van der Waals surface area contributed by atoms with Crippen LogP contribution in [0.5, 0.6) is 0 Å². The summed E-state index contributed by atoms with van der Waals surface area (Å²) in [4.78, 5) is 0. The molecule has 0 aliphatic heterocycles. The normalized spacial score (nSPS) is 12.8. The minimum atomic E-state index is 0.653. The van der Waals surface area contributed by atoms with Crippen molar-refractivity contribution in [2.45, 2.75) is 59.8 Å². The Morgan fingerprint density at radius 1 is 1.00 bits per heavy atom. The van der Waals surface area contributed by atoms with E-state index in [0.717, 1.165) is 13.0 Å². The van der Waals surface area contributed by atoms with Gasteiger partial charge >= 0.3 is 0 Å². The highest BCUT2D eigenvalue weighted by molar-refractivity contribution is 5.45. The Hall–Kier alpha value is -0.820. The van der Waals surface area contributed by atoms with Crippen LogP contribution in [0.1, 0.15) is 59.9 Å². The topological polar surface area (TPSA) is 26.0 Å². The molecule has 0 aliphatic carbocycles. The number of hydrogen-bond acceptors (Lipinski definition) is 1. The lowest BCUT2D eigenvalue weighted by Crippen LogP contribution is -2.05. The van der Waals surface area contributed by atoms with Crippen molar-refractivity contribution in [1.29, 1.82) is 0 Å². The van der Waals surface area contributed by atoms with Crippen molar-refractivity contribution >= 4 is 0 Å². The van der Waals surface area contributed by atoms with Gasteiger partial charge in [0.15, 0.2) is 0 Å². The van der Waals surface area contributed by atoms with E-state index in [2.05, 4.69) is 40.7 Å². The van der Waals surface area contributed by atoms with E-state index in [4.69, 9.17) is 5.73 Å². The van der Waals surface area contributed by atoms with Crippen LogP contribution in [0.25, 0.3) is 0 Å². The van der Waals surface area contributed by atoms with E-state index < -0.39 is 0 Å². The van der Waals surface area contributed by atoms with E-state index in [1.807, 2.05) is 0 Å². The first-order chi connectivity index (χ1) is 7.99. The lowest BCUT2D eigenvalue weighted by atomic mass is 9.84. The zero-order chi connectivity index (χ0) is 13.0. The molecule has 17 heavy (non-hydrogen) atoms. The fraction of sp³-hybridized carbons (Fsp3) is 0.625. The van der Waals surface area contributed by atoms with Gasteiger partial charge in [-0.05, 0) is 80.8 Å². The lowest BCUT2D eigenvalue weighted by Gasteiger charge is -2.21. The van der Waals surface area contributed by atoms with Gasteiger partial charge in [-0.15, -0.1) is 0 Å². The summed E-state index contributed by atoms with van der Waals surface area (Å²) in [5.74, 6) is 0.653. The van der Waals surface area contributed by atoms with Crippen LogP contribution in [0, 0.1) is 27.7 Å². The first-order valence-corrected chi connectivity index (χ1v) is 6.76. The molecule has 96 valence electrons. The minimum absolute atomic E-state index is 0.653. The Kier molecular flexibility index (Phi) is 5.20. The third-order valence-corrected chi connectivity index (χ3v) is 4.01. The third-order valence-electron chi connectivity index (χ3n) is 4.01. The Morgan fingerprint density at radius 3 is 2.00 bits per heavy atom. The molecule has 0 aromatic heterocycles. The summed E-state index contributed by atoms with van der Waals surface area (Å²) in [5, 5.41) is 0. The predicted octanol–water partition coefficient (Wildman–Crippen LogP) is 4.15. The number of unbranched alkanes of at least 4 members (excludes halogenated alkanes) is 1. The number of aryl methyl sites for hydroxylation is 2. The fourth-order valence-electron chi connectivity index (χ4n) is 2.73. The first-order valence-electron chi connectivity index (χ1n) is 6.76. The highest BCUT2D eigenvalue weighted by Crippen LogP contribution is 2.31. The first kappa shape index (κ1) is 14.2. The monoisotopic (exact) mass is 233 g/mol. The van der Waals surface area contributed by atoms with E-state index in [-0.39, 0.29) is 0 Å². The van der Waals surface area contributed by atoms with Gasteiger partial charge in [0.05, 0.1) is 0 Å². The van der Waals surface area contributed by atoms with Crippen LogP contribution < -0.4 is 5.73 Å². The quantitative estimate of drug-likeness (QED) is 0.760. The second-order valence-corrected chi connectivity index (χ2v) is 5.36. The molecule has 0 aliphatic rings. The summed E-state index contributed by atoms with van der Waals surface area (Å²) in [6.45, 7) is 12.1. The number of rotatable bonds is 5. The van der Waals surface area contributed by atoms with Crippen molar-refractivity contribution in [3.8, 4) is 0 Å². The van der Waals surface area contributed by atoms with Crippen molar-refractivity contribution in [2.75, 3.05) is 6.54 Å². The molecule has 0 spiro atoms. The van der Waals surface area contributed by atoms with Gasteiger partial charge in [-0.25, -0.2) is 0 Å². The number of nitrogens with two attached hydrogens (primary N) is 1. The summed E-state index contributed by atoms with van der Waals surface area (Å²) >= 11 is 0. The van der Waals surface area contributed by atoms with Crippen molar-refractivity contribution in [2.24, 2.45) is 5.73 Å². The van der Waals surface area contributed by atoms with Gasteiger partial charge in [-0.3, -0.25) is 0 Å². The molecule has 1 atom stereocenters. The van der Waals surface area contributed by atoms with Crippen LogP contribution in [0.15, 0.2) is 6.07 Å². The second-order valence-electron chi connectivity index (χ2n) is 5.36. The Balaban J connectivity index is 2.95. The van der Waals surface area contributed by atoms with E-state index >= 15 is 0 Å². The van der Waals surface area contributed by atoms with E-state index in [1.54, 1.807) is 5.56 Å². The summed E-state index contributed by atoms with van der Waals surface area (Å²) in [6.07, 6.45) is 3.64. The van der Waals surface area contributed by atoms with E-state index in [0.29, 0.717) is 5.92 Å². The van der Waals surface area contributed by atoms with Crippen LogP contribution in [-0.4, -0.2) is 6.54 Å². The Morgan fingerprint density at radius 2 is 1.53 bits per heavy atom. The largest absolute Gasteiger partial charge is 0.330 e. The van der Waals surface area contributed by atoms with Gasteiger partial charge in [-0.2, -0.15) is 0 Å². The van der Waals surface area contributed by atoms with Crippen LogP contribution in [0.3, 0.4) is 0 Å². The maximum atomic E-state index is 5.56. The summed E-state index contributed by atoms with van der Waals surface area (Å²) in [6, 6.07) is 2.31. The molecule has 0 amide bonds. The van der Waals surface area contributed by atoms with Gasteiger partial charge in [-0.1, -0.05) is 19.4 Å². The maximum Gasteiger partial charge on any atom is -0.00773 e. The van der Waals surface area contributed by atoms with Crippen LogP contribution in [0.2, 0.25) is 0 Å². The molecule has 0 saturated heterocycles. The Labute approximate surface area is 106 Å². The average Bonchev–Trinajstić information content (AvgIpc) is 2.27. The molecule has 1 aromatic carbocycles.